The van der Waals surface area contributed by atoms with Gasteiger partial charge in [0.05, 0.1) is 14.2 Å². The Bertz CT molecular complexity index is 895. The number of hydrogen-bond donors (Lipinski definition) is 0. The molecule has 2 aromatic carbocycles. The van der Waals surface area contributed by atoms with E-state index in [0.717, 1.165) is 49.4 Å². The fourth-order valence-corrected chi connectivity index (χ4v) is 5.81. The largest absolute Gasteiger partial charge is 0.497 e. The molecule has 1 amide bonds. The SMILES string of the molecule is COc1ccc(CN2C[C@@H]3C[C@@H](c4ccc(OC)cc4)N4CCC[C@@]34C2=O)cc1. The molecule has 3 heterocycles. The molecule has 5 nitrogen and oxygen atoms in total. The van der Waals surface area contributed by atoms with Gasteiger partial charge in [-0.15, -0.1) is 0 Å². The van der Waals surface area contributed by atoms with Crippen LogP contribution in [0.25, 0.3) is 0 Å². The van der Waals surface area contributed by atoms with E-state index in [2.05, 4.69) is 34.1 Å². The van der Waals surface area contributed by atoms with Crippen LogP contribution in [0.15, 0.2) is 48.5 Å². The molecule has 0 saturated carbocycles. The van der Waals surface area contributed by atoms with E-state index in [1.54, 1.807) is 14.2 Å². The third-order valence-corrected chi connectivity index (χ3v) is 7.16. The molecule has 3 aliphatic rings. The van der Waals surface area contributed by atoms with Crippen LogP contribution in [0.1, 0.15) is 36.4 Å². The quantitative estimate of drug-likeness (QED) is 0.779. The number of amides is 1. The minimum Gasteiger partial charge on any atom is -0.497 e. The van der Waals surface area contributed by atoms with Crippen LogP contribution in [0.2, 0.25) is 0 Å². The molecule has 2 aromatic rings. The van der Waals surface area contributed by atoms with E-state index in [1.165, 1.54) is 5.56 Å². The van der Waals surface area contributed by atoms with Crippen molar-refractivity contribution in [2.75, 3.05) is 27.3 Å². The van der Waals surface area contributed by atoms with Crippen LogP contribution in [0.4, 0.5) is 0 Å². The van der Waals surface area contributed by atoms with Crippen molar-refractivity contribution in [1.82, 2.24) is 9.80 Å². The minimum atomic E-state index is -0.295. The summed E-state index contributed by atoms with van der Waals surface area (Å²) >= 11 is 0. The molecule has 1 spiro atoms. The molecule has 3 fully saturated rings. The van der Waals surface area contributed by atoms with Crippen LogP contribution in [0.3, 0.4) is 0 Å². The molecule has 29 heavy (non-hydrogen) atoms. The maximum atomic E-state index is 13.6. The van der Waals surface area contributed by atoms with Gasteiger partial charge in [-0.1, -0.05) is 24.3 Å². The molecule has 152 valence electrons. The van der Waals surface area contributed by atoms with Gasteiger partial charge in [-0.25, -0.2) is 0 Å². The van der Waals surface area contributed by atoms with Gasteiger partial charge in [0, 0.05) is 25.0 Å². The van der Waals surface area contributed by atoms with Crippen LogP contribution >= 0.6 is 0 Å². The standard InChI is InChI=1S/C24H28N2O3/c1-28-20-8-4-17(5-9-20)15-25-16-19-14-22(18-6-10-21(29-2)11-7-18)26-13-3-12-24(19,26)23(25)27/h4-11,19,22H,3,12-16H2,1-2H3/t19-,22-,24-/m0/s1. The van der Waals surface area contributed by atoms with Gasteiger partial charge in [-0.05, 0) is 61.2 Å². The molecular weight excluding hydrogens is 364 g/mol. The lowest BCUT2D eigenvalue weighted by Gasteiger charge is -2.33. The molecule has 5 heteroatoms. The molecule has 3 atom stereocenters. The highest BCUT2D eigenvalue weighted by atomic mass is 16.5. The Hall–Kier alpha value is -2.53. The van der Waals surface area contributed by atoms with Crippen LogP contribution in [-0.2, 0) is 11.3 Å². The summed E-state index contributed by atoms with van der Waals surface area (Å²) in [5.41, 5.74) is 2.17. The zero-order valence-corrected chi connectivity index (χ0v) is 17.1. The van der Waals surface area contributed by atoms with Gasteiger partial charge in [0.25, 0.3) is 0 Å². The first kappa shape index (κ1) is 18.5. The Morgan fingerprint density at radius 3 is 2.31 bits per heavy atom. The number of likely N-dealkylation sites (tertiary alicyclic amines) is 1. The van der Waals surface area contributed by atoms with E-state index >= 15 is 0 Å². The molecule has 3 saturated heterocycles. The van der Waals surface area contributed by atoms with E-state index in [1.807, 2.05) is 24.3 Å². The van der Waals surface area contributed by atoms with Gasteiger partial charge in [0.15, 0.2) is 0 Å². The van der Waals surface area contributed by atoms with Gasteiger partial charge in [-0.2, -0.15) is 0 Å². The first-order valence-corrected chi connectivity index (χ1v) is 10.5. The number of methoxy groups -OCH3 is 2. The van der Waals surface area contributed by atoms with E-state index in [4.69, 9.17) is 9.47 Å². The van der Waals surface area contributed by atoms with E-state index in [-0.39, 0.29) is 5.54 Å². The molecule has 3 aliphatic heterocycles. The lowest BCUT2D eigenvalue weighted by atomic mass is 9.85. The number of carbonyl (C=O) groups excluding carboxylic acids is 1. The van der Waals surface area contributed by atoms with Crippen molar-refractivity contribution in [3.8, 4) is 11.5 Å². The Morgan fingerprint density at radius 1 is 1.00 bits per heavy atom. The van der Waals surface area contributed by atoms with E-state index in [9.17, 15) is 4.79 Å². The van der Waals surface area contributed by atoms with Crippen molar-refractivity contribution in [3.05, 3.63) is 59.7 Å². The topological polar surface area (TPSA) is 42.0 Å². The van der Waals surface area contributed by atoms with Crippen LogP contribution in [0.5, 0.6) is 11.5 Å². The average molecular weight is 392 g/mol. The second-order valence-electron chi connectivity index (χ2n) is 8.48. The van der Waals surface area contributed by atoms with Crippen molar-refractivity contribution in [3.63, 3.8) is 0 Å². The Kier molecular flexibility index (Phi) is 4.50. The minimum absolute atomic E-state index is 0.295. The molecule has 0 aliphatic carbocycles. The fourth-order valence-electron chi connectivity index (χ4n) is 5.81. The van der Waals surface area contributed by atoms with Crippen molar-refractivity contribution in [1.29, 1.82) is 0 Å². The first-order valence-electron chi connectivity index (χ1n) is 10.5. The van der Waals surface area contributed by atoms with Crippen molar-refractivity contribution in [2.45, 2.75) is 37.4 Å². The van der Waals surface area contributed by atoms with Gasteiger partial charge in [-0.3, -0.25) is 9.69 Å². The van der Waals surface area contributed by atoms with Gasteiger partial charge < -0.3 is 14.4 Å². The number of benzene rings is 2. The normalized spacial score (nSPS) is 28.5. The van der Waals surface area contributed by atoms with Crippen LogP contribution in [-0.4, -0.2) is 48.6 Å². The molecule has 0 N–H and O–H groups in total. The van der Waals surface area contributed by atoms with E-state index < -0.39 is 0 Å². The molecule has 0 aromatic heterocycles. The predicted octanol–water partition coefficient (Wildman–Crippen LogP) is 3.64. The van der Waals surface area contributed by atoms with Gasteiger partial charge in [0.2, 0.25) is 5.91 Å². The fraction of sp³-hybridized carbons (Fsp3) is 0.458. The lowest BCUT2D eigenvalue weighted by Crippen LogP contribution is -2.49. The van der Waals surface area contributed by atoms with Crippen LogP contribution in [0, 0.1) is 5.92 Å². The zero-order chi connectivity index (χ0) is 20.0. The Balaban J connectivity index is 1.37. The number of rotatable bonds is 5. The summed E-state index contributed by atoms with van der Waals surface area (Å²) in [6, 6.07) is 16.8. The average Bonchev–Trinajstić information content (AvgIpc) is 3.39. The third kappa shape index (κ3) is 2.83. The molecule has 0 bridgehead atoms. The highest BCUT2D eigenvalue weighted by molar-refractivity contribution is 5.90. The summed E-state index contributed by atoms with van der Waals surface area (Å²) in [7, 11) is 3.37. The summed E-state index contributed by atoms with van der Waals surface area (Å²) in [4.78, 5) is 18.2. The zero-order valence-electron chi connectivity index (χ0n) is 17.1. The lowest BCUT2D eigenvalue weighted by molar-refractivity contribution is -0.137. The first-order chi connectivity index (χ1) is 14.2. The van der Waals surface area contributed by atoms with Crippen molar-refractivity contribution in [2.24, 2.45) is 5.92 Å². The summed E-state index contributed by atoms with van der Waals surface area (Å²) < 4.78 is 10.6. The molecule has 5 rings (SSSR count). The van der Waals surface area contributed by atoms with Crippen molar-refractivity contribution >= 4 is 5.91 Å². The number of hydrogen-bond acceptors (Lipinski definition) is 4. The Labute approximate surface area is 172 Å². The second kappa shape index (κ2) is 7.06. The highest BCUT2D eigenvalue weighted by Gasteiger charge is 2.64. The summed E-state index contributed by atoms with van der Waals surface area (Å²) in [5.74, 6) is 2.46. The maximum Gasteiger partial charge on any atom is 0.243 e. The third-order valence-electron chi connectivity index (χ3n) is 7.16. The summed E-state index contributed by atoms with van der Waals surface area (Å²) in [6.45, 7) is 2.55. The summed E-state index contributed by atoms with van der Waals surface area (Å²) in [5, 5.41) is 0. The maximum absolute atomic E-state index is 13.6. The summed E-state index contributed by atoms with van der Waals surface area (Å²) in [6.07, 6.45) is 3.14. The monoisotopic (exact) mass is 392 g/mol. The number of carbonyl (C=O) groups is 1. The van der Waals surface area contributed by atoms with Crippen molar-refractivity contribution < 1.29 is 14.3 Å². The van der Waals surface area contributed by atoms with Crippen LogP contribution < -0.4 is 9.47 Å². The van der Waals surface area contributed by atoms with Gasteiger partial charge >= 0.3 is 0 Å². The number of nitrogens with zero attached hydrogens (tertiary/aromatic N) is 2. The number of ether oxygens (including phenoxy) is 2. The molecule has 0 radical (unpaired) electrons. The molecule has 0 unspecified atom stereocenters. The smallest absolute Gasteiger partial charge is 0.243 e. The van der Waals surface area contributed by atoms with E-state index in [0.29, 0.717) is 24.4 Å². The van der Waals surface area contributed by atoms with Gasteiger partial charge in [0.1, 0.15) is 17.0 Å². The second-order valence-corrected chi connectivity index (χ2v) is 8.48. The molecular formula is C24H28N2O3. The predicted molar refractivity (Wildman–Crippen MR) is 111 cm³/mol. The highest BCUT2D eigenvalue weighted by Crippen LogP contribution is 2.56. The Morgan fingerprint density at radius 2 is 1.66 bits per heavy atom.